The Morgan fingerprint density at radius 2 is 2.12 bits per heavy atom. The zero-order valence-corrected chi connectivity index (χ0v) is 10.7. The van der Waals surface area contributed by atoms with E-state index in [9.17, 15) is 13.6 Å². The average molecular weight is 304 g/mol. The van der Waals surface area contributed by atoms with Gasteiger partial charge in [-0.15, -0.1) is 0 Å². The summed E-state index contributed by atoms with van der Waals surface area (Å²) >= 11 is 3.33. The van der Waals surface area contributed by atoms with Crippen molar-refractivity contribution >= 4 is 21.8 Å². The van der Waals surface area contributed by atoms with Gasteiger partial charge in [-0.1, -0.05) is 22.0 Å². The molecule has 5 heteroatoms. The summed E-state index contributed by atoms with van der Waals surface area (Å²) in [6.45, 7) is 0. The number of amides is 1. The average Bonchev–Trinajstić information content (AvgIpc) is 3.03. The van der Waals surface area contributed by atoms with Crippen LogP contribution in [0.4, 0.5) is 8.78 Å². The zero-order chi connectivity index (χ0) is 12.5. The number of carbonyl (C=O) groups excluding carboxylic acids is 1. The smallest absolute Gasteiger partial charge is 0.224 e. The molecule has 17 heavy (non-hydrogen) atoms. The number of nitrogens with one attached hydrogen (secondary N) is 1. The molecule has 1 aromatic rings. The Morgan fingerprint density at radius 3 is 2.65 bits per heavy atom. The van der Waals surface area contributed by atoms with Gasteiger partial charge in [0.2, 0.25) is 5.91 Å². The summed E-state index contributed by atoms with van der Waals surface area (Å²) < 4.78 is 26.0. The number of halogens is 3. The number of carbonyl (C=O) groups is 1. The molecule has 0 heterocycles. The van der Waals surface area contributed by atoms with Gasteiger partial charge in [0.05, 0.1) is 6.42 Å². The first kappa shape index (κ1) is 12.5. The van der Waals surface area contributed by atoms with Gasteiger partial charge in [-0.05, 0) is 24.5 Å². The summed E-state index contributed by atoms with van der Waals surface area (Å²) in [6.07, 6.45) is 1.83. The van der Waals surface area contributed by atoms with Gasteiger partial charge in [0.15, 0.2) is 0 Å². The van der Waals surface area contributed by atoms with Crippen LogP contribution < -0.4 is 5.32 Å². The van der Waals surface area contributed by atoms with E-state index in [4.69, 9.17) is 0 Å². The molecule has 0 atom stereocenters. The van der Waals surface area contributed by atoms with Gasteiger partial charge in [0.1, 0.15) is 11.6 Å². The molecule has 1 aliphatic rings. The van der Waals surface area contributed by atoms with Crippen molar-refractivity contribution in [2.75, 3.05) is 5.33 Å². The molecule has 0 aliphatic heterocycles. The molecule has 0 spiro atoms. The summed E-state index contributed by atoms with van der Waals surface area (Å²) in [5.74, 6) is -1.54. The molecule has 2 rings (SSSR count). The highest BCUT2D eigenvalue weighted by Crippen LogP contribution is 2.36. The van der Waals surface area contributed by atoms with Crippen molar-refractivity contribution < 1.29 is 13.6 Å². The quantitative estimate of drug-likeness (QED) is 0.851. The SMILES string of the molecule is O=C(Cc1ccc(F)cc1F)NC1(CBr)CC1. The first-order valence-corrected chi connectivity index (χ1v) is 6.48. The Kier molecular flexibility index (Phi) is 3.47. The Labute approximate surface area is 107 Å². The normalized spacial score (nSPS) is 16.6. The molecule has 0 radical (unpaired) electrons. The maximum absolute atomic E-state index is 13.3. The van der Waals surface area contributed by atoms with Crippen LogP contribution in [0.25, 0.3) is 0 Å². The van der Waals surface area contributed by atoms with Gasteiger partial charge in [-0.2, -0.15) is 0 Å². The number of alkyl halides is 1. The van der Waals surface area contributed by atoms with Crippen molar-refractivity contribution in [3.8, 4) is 0 Å². The van der Waals surface area contributed by atoms with Gasteiger partial charge < -0.3 is 5.32 Å². The summed E-state index contributed by atoms with van der Waals surface area (Å²) in [5.41, 5.74) is 0.0717. The van der Waals surface area contributed by atoms with E-state index in [0.717, 1.165) is 25.0 Å². The second kappa shape index (κ2) is 4.72. The Morgan fingerprint density at radius 1 is 1.41 bits per heavy atom. The lowest BCUT2D eigenvalue weighted by Gasteiger charge is -2.14. The van der Waals surface area contributed by atoms with Crippen LogP contribution in [0.3, 0.4) is 0 Å². The molecule has 1 fully saturated rings. The monoisotopic (exact) mass is 303 g/mol. The second-order valence-corrected chi connectivity index (χ2v) is 4.94. The molecule has 1 aromatic carbocycles. The molecule has 92 valence electrons. The third kappa shape index (κ3) is 3.03. The molecule has 1 amide bonds. The van der Waals surface area contributed by atoms with Gasteiger partial charge in [0.25, 0.3) is 0 Å². The topological polar surface area (TPSA) is 29.1 Å². The van der Waals surface area contributed by atoms with E-state index >= 15 is 0 Å². The van der Waals surface area contributed by atoms with E-state index < -0.39 is 11.6 Å². The molecule has 1 saturated carbocycles. The van der Waals surface area contributed by atoms with Crippen molar-refractivity contribution in [1.29, 1.82) is 0 Å². The molecule has 0 aromatic heterocycles. The van der Waals surface area contributed by atoms with Crippen LogP contribution in [-0.2, 0) is 11.2 Å². The van der Waals surface area contributed by atoms with Crippen LogP contribution in [0.5, 0.6) is 0 Å². The molecule has 1 N–H and O–H groups in total. The number of rotatable bonds is 4. The fourth-order valence-corrected chi connectivity index (χ4v) is 2.32. The lowest BCUT2D eigenvalue weighted by atomic mass is 10.1. The Balaban J connectivity index is 1.98. The van der Waals surface area contributed by atoms with Gasteiger partial charge in [-0.25, -0.2) is 8.78 Å². The summed E-state index contributed by atoms with van der Waals surface area (Å²) in [5, 5.41) is 3.57. The largest absolute Gasteiger partial charge is 0.350 e. The molecule has 0 bridgehead atoms. The summed E-state index contributed by atoms with van der Waals surface area (Å²) in [6, 6.07) is 3.25. The lowest BCUT2D eigenvalue weighted by molar-refractivity contribution is -0.121. The second-order valence-electron chi connectivity index (χ2n) is 4.37. The molecule has 0 unspecified atom stereocenters. The summed E-state index contributed by atoms with van der Waals surface area (Å²) in [4.78, 5) is 11.7. The van der Waals surface area contributed by atoms with Crippen molar-refractivity contribution in [1.82, 2.24) is 5.32 Å². The number of benzene rings is 1. The minimum Gasteiger partial charge on any atom is -0.350 e. The van der Waals surface area contributed by atoms with Gasteiger partial charge in [0, 0.05) is 16.9 Å². The van der Waals surface area contributed by atoms with Crippen LogP contribution in [0.1, 0.15) is 18.4 Å². The van der Waals surface area contributed by atoms with E-state index in [1.807, 2.05) is 0 Å². The van der Waals surface area contributed by atoms with Crippen LogP contribution in [-0.4, -0.2) is 16.8 Å². The first-order valence-electron chi connectivity index (χ1n) is 5.36. The van der Waals surface area contributed by atoms with Crippen molar-refractivity contribution in [2.24, 2.45) is 0 Å². The fourth-order valence-electron chi connectivity index (χ4n) is 1.62. The van der Waals surface area contributed by atoms with Gasteiger partial charge in [-0.3, -0.25) is 4.79 Å². The van der Waals surface area contributed by atoms with E-state index in [2.05, 4.69) is 21.2 Å². The minimum absolute atomic E-state index is 0.0547. The van der Waals surface area contributed by atoms with E-state index in [-0.39, 0.29) is 23.4 Å². The first-order chi connectivity index (χ1) is 8.04. The molecular formula is C12H12BrF2NO. The van der Waals surface area contributed by atoms with Crippen molar-refractivity contribution in [2.45, 2.75) is 24.8 Å². The third-order valence-corrected chi connectivity index (χ3v) is 3.95. The predicted molar refractivity (Wildman–Crippen MR) is 64.0 cm³/mol. The van der Waals surface area contributed by atoms with E-state index in [1.54, 1.807) is 0 Å². The highest BCUT2D eigenvalue weighted by Gasteiger charge is 2.42. The molecule has 0 saturated heterocycles. The molecule has 2 nitrogen and oxygen atoms in total. The van der Waals surface area contributed by atoms with Crippen LogP contribution in [0.15, 0.2) is 18.2 Å². The van der Waals surface area contributed by atoms with Crippen molar-refractivity contribution in [3.05, 3.63) is 35.4 Å². The van der Waals surface area contributed by atoms with Crippen LogP contribution in [0, 0.1) is 11.6 Å². The standard InChI is InChI=1S/C12H12BrF2NO/c13-7-12(3-4-12)16-11(17)5-8-1-2-9(14)6-10(8)15/h1-2,6H,3-5,7H2,(H,16,17). The maximum atomic E-state index is 13.3. The van der Waals surface area contributed by atoms with Crippen molar-refractivity contribution in [3.63, 3.8) is 0 Å². The third-order valence-electron chi connectivity index (χ3n) is 2.88. The number of hydrogen-bond donors (Lipinski definition) is 1. The maximum Gasteiger partial charge on any atom is 0.224 e. The van der Waals surface area contributed by atoms with Gasteiger partial charge >= 0.3 is 0 Å². The molecule has 1 aliphatic carbocycles. The van der Waals surface area contributed by atoms with E-state index in [1.165, 1.54) is 6.07 Å². The fraction of sp³-hybridized carbons (Fsp3) is 0.417. The van der Waals surface area contributed by atoms with E-state index in [0.29, 0.717) is 5.33 Å². The predicted octanol–water partition coefficient (Wildman–Crippen LogP) is 2.55. The highest BCUT2D eigenvalue weighted by molar-refractivity contribution is 9.09. The molecular weight excluding hydrogens is 292 g/mol. The Bertz CT molecular complexity index is 446. The van der Waals surface area contributed by atoms with Crippen LogP contribution >= 0.6 is 15.9 Å². The minimum atomic E-state index is -0.677. The highest BCUT2D eigenvalue weighted by atomic mass is 79.9. The summed E-state index contributed by atoms with van der Waals surface area (Å²) in [7, 11) is 0. The Hall–Kier alpha value is -0.970. The van der Waals surface area contributed by atoms with Crippen LogP contribution in [0.2, 0.25) is 0 Å². The lowest BCUT2D eigenvalue weighted by Crippen LogP contribution is -2.39. The zero-order valence-electron chi connectivity index (χ0n) is 9.10. The number of hydrogen-bond acceptors (Lipinski definition) is 1.